The van der Waals surface area contributed by atoms with E-state index >= 15 is 0 Å². The van der Waals surface area contributed by atoms with Crippen molar-refractivity contribution >= 4 is 5.96 Å². The van der Waals surface area contributed by atoms with Crippen molar-refractivity contribution in [3.05, 3.63) is 48.0 Å². The third kappa shape index (κ3) is 4.59. The molecule has 3 rings (SSSR count). The van der Waals surface area contributed by atoms with Crippen molar-refractivity contribution in [2.45, 2.75) is 26.2 Å². The van der Waals surface area contributed by atoms with E-state index in [1.165, 1.54) is 25.0 Å². The van der Waals surface area contributed by atoms with Crippen LogP contribution in [0.2, 0.25) is 0 Å². The zero-order valence-corrected chi connectivity index (χ0v) is 15.0. The van der Waals surface area contributed by atoms with E-state index in [0.29, 0.717) is 0 Å². The molecule has 134 valence electrons. The number of likely N-dealkylation sites (tertiary alicyclic amines) is 1. The molecule has 1 aromatic heterocycles. The van der Waals surface area contributed by atoms with Gasteiger partial charge in [0.05, 0.1) is 11.4 Å². The lowest BCUT2D eigenvalue weighted by Crippen LogP contribution is -2.46. The van der Waals surface area contributed by atoms with Crippen LogP contribution in [0.3, 0.4) is 0 Å². The van der Waals surface area contributed by atoms with E-state index in [2.05, 4.69) is 27.2 Å². The second-order valence-electron chi connectivity index (χ2n) is 6.65. The molecule has 1 fully saturated rings. The molecular weight excluding hydrogens is 317 g/mol. The van der Waals surface area contributed by atoms with Crippen LogP contribution in [0.1, 0.15) is 25.5 Å². The highest BCUT2D eigenvalue weighted by molar-refractivity contribution is 5.79. The summed E-state index contributed by atoms with van der Waals surface area (Å²) in [5.41, 5.74) is 1.86. The number of hydrogen-bond acceptors (Lipinski definition) is 2. The molecule has 0 bridgehead atoms. The number of guanidine groups is 1. The lowest BCUT2D eigenvalue weighted by atomic mass is 10.0. The molecule has 0 spiro atoms. The van der Waals surface area contributed by atoms with E-state index < -0.39 is 0 Å². The van der Waals surface area contributed by atoms with Gasteiger partial charge in [-0.2, -0.15) is 5.10 Å². The molecule has 1 aliphatic rings. The highest BCUT2D eigenvalue weighted by atomic mass is 19.1. The monoisotopic (exact) mass is 343 g/mol. The molecule has 2 aromatic rings. The second kappa shape index (κ2) is 8.14. The maximum absolute atomic E-state index is 13.0. The number of benzene rings is 1. The van der Waals surface area contributed by atoms with Crippen molar-refractivity contribution in [2.75, 3.05) is 26.7 Å². The Morgan fingerprint density at radius 3 is 2.84 bits per heavy atom. The van der Waals surface area contributed by atoms with Gasteiger partial charge in [0, 0.05) is 39.3 Å². The van der Waals surface area contributed by atoms with Crippen LogP contribution < -0.4 is 5.32 Å². The third-order valence-electron chi connectivity index (χ3n) is 4.57. The molecule has 1 N–H and O–H groups in total. The summed E-state index contributed by atoms with van der Waals surface area (Å²) in [6, 6.07) is 8.34. The average molecular weight is 343 g/mol. The summed E-state index contributed by atoms with van der Waals surface area (Å²) in [4.78, 5) is 6.75. The lowest BCUT2D eigenvalue weighted by molar-refractivity contribution is 0.266. The fraction of sp³-hybridized carbons (Fsp3) is 0.474. The SMILES string of the molecule is CN=C(NCCc1ccn(-c2ccc(F)cc2)n1)N1CCCC(C)C1. The van der Waals surface area contributed by atoms with E-state index in [4.69, 9.17) is 0 Å². The molecule has 1 aromatic carbocycles. The Labute approximate surface area is 148 Å². The summed E-state index contributed by atoms with van der Waals surface area (Å²) in [5, 5.41) is 8.00. The first-order chi connectivity index (χ1) is 12.2. The molecule has 5 nitrogen and oxygen atoms in total. The third-order valence-corrected chi connectivity index (χ3v) is 4.57. The van der Waals surface area contributed by atoms with Gasteiger partial charge in [0.2, 0.25) is 0 Å². The first-order valence-corrected chi connectivity index (χ1v) is 8.92. The number of halogens is 1. The van der Waals surface area contributed by atoms with Crippen LogP contribution >= 0.6 is 0 Å². The highest BCUT2D eigenvalue weighted by Gasteiger charge is 2.18. The van der Waals surface area contributed by atoms with E-state index in [0.717, 1.165) is 49.3 Å². The van der Waals surface area contributed by atoms with Crippen LogP contribution in [0.5, 0.6) is 0 Å². The van der Waals surface area contributed by atoms with Gasteiger partial charge in [-0.25, -0.2) is 9.07 Å². The summed E-state index contributed by atoms with van der Waals surface area (Å²) in [6.07, 6.45) is 5.25. The molecule has 1 unspecified atom stereocenters. The zero-order valence-electron chi connectivity index (χ0n) is 15.0. The van der Waals surface area contributed by atoms with Crippen LogP contribution in [-0.4, -0.2) is 47.3 Å². The minimum absolute atomic E-state index is 0.237. The molecule has 0 aliphatic carbocycles. The van der Waals surface area contributed by atoms with Gasteiger partial charge in [-0.15, -0.1) is 0 Å². The van der Waals surface area contributed by atoms with Crippen LogP contribution in [-0.2, 0) is 6.42 Å². The van der Waals surface area contributed by atoms with Crippen molar-refractivity contribution in [1.29, 1.82) is 0 Å². The molecule has 0 saturated carbocycles. The van der Waals surface area contributed by atoms with Crippen LogP contribution in [0.25, 0.3) is 5.69 Å². The number of nitrogens with one attached hydrogen (secondary N) is 1. The Kier molecular flexibility index (Phi) is 5.68. The van der Waals surface area contributed by atoms with Gasteiger partial charge in [0.1, 0.15) is 5.82 Å². The molecule has 1 aliphatic heterocycles. The van der Waals surface area contributed by atoms with Gasteiger partial charge >= 0.3 is 0 Å². The van der Waals surface area contributed by atoms with Crippen molar-refractivity contribution in [3.8, 4) is 5.69 Å². The first kappa shape index (κ1) is 17.5. The summed E-state index contributed by atoms with van der Waals surface area (Å²) in [6.45, 7) is 5.22. The normalized spacial score (nSPS) is 18.4. The van der Waals surface area contributed by atoms with E-state index in [9.17, 15) is 4.39 Å². The fourth-order valence-electron chi connectivity index (χ4n) is 3.25. The van der Waals surface area contributed by atoms with E-state index in [1.807, 2.05) is 19.3 Å². The minimum Gasteiger partial charge on any atom is -0.356 e. The van der Waals surface area contributed by atoms with Crippen LogP contribution in [0, 0.1) is 11.7 Å². The molecule has 2 heterocycles. The topological polar surface area (TPSA) is 45.5 Å². The maximum atomic E-state index is 13.0. The van der Waals surface area contributed by atoms with E-state index in [1.54, 1.807) is 16.8 Å². The van der Waals surface area contributed by atoms with Crippen LogP contribution in [0.4, 0.5) is 4.39 Å². The second-order valence-corrected chi connectivity index (χ2v) is 6.65. The Morgan fingerprint density at radius 1 is 1.32 bits per heavy atom. The quantitative estimate of drug-likeness (QED) is 0.686. The summed E-state index contributed by atoms with van der Waals surface area (Å²) in [7, 11) is 1.84. The number of piperidine rings is 1. The van der Waals surface area contributed by atoms with Crippen molar-refractivity contribution in [2.24, 2.45) is 10.9 Å². The Bertz CT molecular complexity index is 707. The number of aromatic nitrogens is 2. The average Bonchev–Trinajstić information content (AvgIpc) is 3.08. The van der Waals surface area contributed by atoms with Crippen molar-refractivity contribution < 1.29 is 4.39 Å². The van der Waals surface area contributed by atoms with Gasteiger partial charge < -0.3 is 10.2 Å². The maximum Gasteiger partial charge on any atom is 0.193 e. The lowest BCUT2D eigenvalue weighted by Gasteiger charge is -2.33. The van der Waals surface area contributed by atoms with Crippen LogP contribution in [0.15, 0.2) is 41.5 Å². The molecule has 6 heteroatoms. The number of hydrogen-bond donors (Lipinski definition) is 1. The Hall–Kier alpha value is -2.37. The van der Waals surface area contributed by atoms with Gasteiger partial charge in [-0.3, -0.25) is 4.99 Å². The van der Waals surface area contributed by atoms with Gasteiger partial charge in [-0.1, -0.05) is 6.92 Å². The molecule has 1 atom stereocenters. The standard InChI is InChI=1S/C19H26FN5/c1-15-4-3-12-24(14-15)19(21-2)22-11-9-17-10-13-25(23-17)18-7-5-16(20)6-8-18/h5-8,10,13,15H,3-4,9,11-12,14H2,1-2H3,(H,21,22). The molecule has 1 saturated heterocycles. The summed E-state index contributed by atoms with van der Waals surface area (Å²) >= 11 is 0. The van der Waals surface area contributed by atoms with Crippen molar-refractivity contribution in [3.63, 3.8) is 0 Å². The summed E-state index contributed by atoms with van der Waals surface area (Å²) < 4.78 is 14.8. The van der Waals surface area contributed by atoms with Gasteiger partial charge in [-0.05, 0) is 49.1 Å². The molecular formula is C19H26FN5. The minimum atomic E-state index is -0.237. The number of rotatable bonds is 4. The number of nitrogens with zero attached hydrogens (tertiary/aromatic N) is 4. The highest BCUT2D eigenvalue weighted by Crippen LogP contribution is 2.15. The zero-order chi connectivity index (χ0) is 17.6. The van der Waals surface area contributed by atoms with E-state index in [-0.39, 0.29) is 5.82 Å². The molecule has 0 radical (unpaired) electrons. The predicted octanol–water partition coefficient (Wildman–Crippen LogP) is 2.86. The smallest absolute Gasteiger partial charge is 0.193 e. The summed E-state index contributed by atoms with van der Waals surface area (Å²) in [5.74, 6) is 1.46. The first-order valence-electron chi connectivity index (χ1n) is 8.92. The predicted molar refractivity (Wildman–Crippen MR) is 98.6 cm³/mol. The Balaban J connectivity index is 1.52. The largest absolute Gasteiger partial charge is 0.356 e. The fourth-order valence-corrected chi connectivity index (χ4v) is 3.25. The number of aliphatic imine (C=N–C) groups is 1. The Morgan fingerprint density at radius 2 is 2.12 bits per heavy atom. The van der Waals surface area contributed by atoms with Gasteiger partial charge in [0.25, 0.3) is 0 Å². The molecule has 25 heavy (non-hydrogen) atoms. The van der Waals surface area contributed by atoms with Gasteiger partial charge in [0.15, 0.2) is 5.96 Å². The molecule has 0 amide bonds. The van der Waals surface area contributed by atoms with Crippen molar-refractivity contribution in [1.82, 2.24) is 20.0 Å².